The van der Waals surface area contributed by atoms with Crippen LogP contribution in [0.15, 0.2) is 72.8 Å². The number of benzene rings is 2. The van der Waals surface area contributed by atoms with Gasteiger partial charge in [-0.1, -0.05) is 72.0 Å². The normalized spacial score (nSPS) is 14.6. The van der Waals surface area contributed by atoms with Crippen molar-refractivity contribution in [3.8, 4) is 21.6 Å². The predicted molar refractivity (Wildman–Crippen MR) is 104 cm³/mol. The molecule has 0 N–H and O–H groups in total. The molecule has 1 aliphatic rings. The molecule has 1 nitrogen and oxygen atoms in total. The number of hydrogen-bond acceptors (Lipinski definition) is 1. The van der Waals surface area contributed by atoms with Gasteiger partial charge >= 0.3 is 0 Å². The maximum absolute atomic E-state index is 2.56. The average Bonchev–Trinajstić information content (AvgIpc) is 2.70. The van der Waals surface area contributed by atoms with Gasteiger partial charge in [0, 0.05) is 23.8 Å². The van der Waals surface area contributed by atoms with Gasteiger partial charge in [0.15, 0.2) is 0 Å². The lowest BCUT2D eigenvalue weighted by Crippen LogP contribution is -2.33. The van der Waals surface area contributed by atoms with Crippen molar-refractivity contribution in [3.05, 3.63) is 77.5 Å². The summed E-state index contributed by atoms with van der Waals surface area (Å²) in [6.45, 7) is 2.37. The fraction of sp³-hybridized carbons (Fsp3) is 0.227. The van der Waals surface area contributed by atoms with E-state index in [-0.39, 0.29) is 0 Å². The van der Waals surface area contributed by atoms with Crippen LogP contribution >= 0.6 is 11.3 Å². The van der Waals surface area contributed by atoms with Gasteiger partial charge in [0.2, 0.25) is 0 Å². The van der Waals surface area contributed by atoms with E-state index in [0.717, 1.165) is 0 Å². The molecule has 0 radical (unpaired) electrons. The molecule has 3 aromatic rings. The third-order valence-corrected chi connectivity index (χ3v) is 5.77. The van der Waals surface area contributed by atoms with Crippen molar-refractivity contribution in [3.63, 3.8) is 0 Å². The summed E-state index contributed by atoms with van der Waals surface area (Å²) in [7, 11) is 0. The minimum absolute atomic E-state index is 1.18. The van der Waals surface area contributed by atoms with E-state index in [1.165, 1.54) is 58.6 Å². The van der Waals surface area contributed by atoms with Gasteiger partial charge < -0.3 is 0 Å². The van der Waals surface area contributed by atoms with Crippen LogP contribution in [-0.2, 0) is 0 Å². The molecule has 24 heavy (non-hydrogen) atoms. The minimum atomic E-state index is 1.18. The molecule has 2 heteroatoms. The molecule has 0 atom stereocenters. The molecule has 2 heterocycles. The van der Waals surface area contributed by atoms with Crippen LogP contribution in [0, 0.1) is 0 Å². The molecule has 0 spiro atoms. The Morgan fingerprint density at radius 2 is 1.25 bits per heavy atom. The standard InChI is InChI=1S/C22H22NS/c1-4-10-18(11-5-1)20-16-21(19-12-6-2-7-13-19)24-22(17-20)23-14-8-3-9-15-23/h1-2,4-7,10-13,16-17H,3,8-9,14-15H2/q+1. The lowest BCUT2D eigenvalue weighted by molar-refractivity contribution is 0.455. The highest BCUT2D eigenvalue weighted by Gasteiger charge is 2.14. The molecule has 1 aromatic heterocycles. The van der Waals surface area contributed by atoms with Gasteiger partial charge in [-0.3, -0.25) is 0 Å². The second kappa shape index (κ2) is 7.14. The third kappa shape index (κ3) is 3.34. The first-order valence-electron chi connectivity index (χ1n) is 8.74. The van der Waals surface area contributed by atoms with Crippen LogP contribution in [-0.4, -0.2) is 13.1 Å². The van der Waals surface area contributed by atoms with Crippen molar-refractivity contribution in [2.75, 3.05) is 13.1 Å². The van der Waals surface area contributed by atoms with Gasteiger partial charge in [-0.25, -0.2) is 4.58 Å². The van der Waals surface area contributed by atoms with Crippen LogP contribution in [0.5, 0.6) is 0 Å². The Hall–Kier alpha value is -2.19. The Morgan fingerprint density at radius 1 is 0.625 bits per heavy atom. The summed E-state index contributed by atoms with van der Waals surface area (Å²) in [5.74, 6) is 0. The Balaban J connectivity index is 1.91. The summed E-state index contributed by atoms with van der Waals surface area (Å²) in [6.07, 6.45) is 3.98. The zero-order chi connectivity index (χ0) is 16.2. The van der Waals surface area contributed by atoms with Crippen molar-refractivity contribution in [1.29, 1.82) is 0 Å². The van der Waals surface area contributed by atoms with Crippen molar-refractivity contribution in [1.82, 2.24) is 4.58 Å². The summed E-state index contributed by atoms with van der Waals surface area (Å²) in [4.78, 5) is 1.34. The molecule has 2 aromatic carbocycles. The Kier molecular flexibility index (Phi) is 4.57. The molecule has 1 saturated heterocycles. The summed E-state index contributed by atoms with van der Waals surface area (Å²) >= 11 is 1.92. The number of nitrogens with zero attached hydrogens (tertiary/aromatic N) is 1. The summed E-state index contributed by atoms with van der Waals surface area (Å²) in [6, 6.07) is 26.2. The molecule has 0 saturated carbocycles. The molecule has 4 rings (SSSR count). The Bertz CT molecular complexity index is 810. The van der Waals surface area contributed by atoms with E-state index in [4.69, 9.17) is 0 Å². The quantitative estimate of drug-likeness (QED) is 0.579. The highest BCUT2D eigenvalue weighted by atomic mass is 32.1. The first-order valence-corrected chi connectivity index (χ1v) is 9.56. The largest absolute Gasteiger partial charge is 0.257 e. The molecule has 1 fully saturated rings. The molecule has 0 amide bonds. The van der Waals surface area contributed by atoms with Crippen molar-refractivity contribution >= 4 is 11.3 Å². The summed E-state index contributed by atoms with van der Waals surface area (Å²) < 4.78 is 3.96. The van der Waals surface area contributed by atoms with Gasteiger partial charge in [0.25, 0.3) is 4.67 Å². The molecule has 0 unspecified atom stereocenters. The van der Waals surface area contributed by atoms with E-state index < -0.39 is 0 Å². The second-order valence-corrected chi connectivity index (χ2v) is 7.39. The smallest absolute Gasteiger partial charge is 0.221 e. The monoisotopic (exact) mass is 332 g/mol. The molecule has 120 valence electrons. The minimum Gasteiger partial charge on any atom is -0.221 e. The van der Waals surface area contributed by atoms with Crippen molar-refractivity contribution < 1.29 is 0 Å². The predicted octanol–water partition coefficient (Wildman–Crippen LogP) is 5.04. The van der Waals surface area contributed by atoms with E-state index in [9.17, 15) is 0 Å². The van der Waals surface area contributed by atoms with Crippen molar-refractivity contribution in [2.45, 2.75) is 19.3 Å². The Morgan fingerprint density at radius 3 is 1.92 bits per heavy atom. The average molecular weight is 332 g/mol. The zero-order valence-corrected chi connectivity index (χ0v) is 14.6. The van der Waals surface area contributed by atoms with E-state index in [0.29, 0.717) is 0 Å². The van der Waals surface area contributed by atoms with Crippen LogP contribution in [0.3, 0.4) is 0 Å². The molecule has 1 aliphatic heterocycles. The van der Waals surface area contributed by atoms with E-state index in [1.54, 1.807) is 0 Å². The highest BCUT2D eigenvalue weighted by molar-refractivity contribution is 7.12. The van der Waals surface area contributed by atoms with Crippen LogP contribution < -0.4 is 9.25 Å². The zero-order valence-electron chi connectivity index (χ0n) is 13.8. The molecular formula is C22H22NS+. The molecular weight excluding hydrogens is 310 g/mol. The van der Waals surface area contributed by atoms with Gasteiger partial charge in [0.1, 0.15) is 13.1 Å². The highest BCUT2D eigenvalue weighted by Crippen LogP contribution is 2.27. The second-order valence-electron chi connectivity index (χ2n) is 6.33. The SMILES string of the molecule is c1ccc(-c2cc(-c3ccccc3)sc(=[N+]3CCCCC3)c2)cc1. The van der Waals surface area contributed by atoms with E-state index >= 15 is 0 Å². The fourth-order valence-corrected chi connectivity index (χ4v) is 4.46. The van der Waals surface area contributed by atoms with Gasteiger partial charge in [-0.2, -0.15) is 0 Å². The fourth-order valence-electron chi connectivity index (χ4n) is 3.30. The van der Waals surface area contributed by atoms with Crippen LogP contribution in [0.25, 0.3) is 21.6 Å². The number of rotatable bonds is 2. The molecule has 0 bridgehead atoms. The summed E-state index contributed by atoms with van der Waals surface area (Å²) in [5.41, 5.74) is 3.91. The topological polar surface area (TPSA) is 3.01 Å². The number of piperidine rings is 1. The van der Waals surface area contributed by atoms with Crippen LogP contribution in [0.4, 0.5) is 0 Å². The van der Waals surface area contributed by atoms with Crippen molar-refractivity contribution in [2.24, 2.45) is 0 Å². The maximum atomic E-state index is 2.56. The maximum Gasteiger partial charge on any atom is 0.257 e. The van der Waals surface area contributed by atoms with Crippen LogP contribution in [0.1, 0.15) is 19.3 Å². The van der Waals surface area contributed by atoms with E-state index in [2.05, 4.69) is 77.4 Å². The summed E-state index contributed by atoms with van der Waals surface area (Å²) in [5, 5.41) is 0. The van der Waals surface area contributed by atoms with Gasteiger partial charge in [-0.15, -0.1) is 0 Å². The van der Waals surface area contributed by atoms with Gasteiger partial charge in [-0.05, 0) is 29.2 Å². The first-order chi connectivity index (χ1) is 11.9. The Labute approximate surface area is 147 Å². The lowest BCUT2D eigenvalue weighted by Gasteiger charge is -2.11. The number of hydrogen-bond donors (Lipinski definition) is 0. The first kappa shape index (κ1) is 15.3. The van der Waals surface area contributed by atoms with Gasteiger partial charge in [0.05, 0.1) is 0 Å². The van der Waals surface area contributed by atoms with Crippen LogP contribution in [0.2, 0.25) is 0 Å². The third-order valence-electron chi connectivity index (χ3n) is 4.61. The molecule has 0 aliphatic carbocycles. The van der Waals surface area contributed by atoms with E-state index in [1.807, 2.05) is 11.3 Å². The lowest BCUT2D eigenvalue weighted by atomic mass is 10.1.